The molecule has 1 aromatic carbocycles. The first-order valence-corrected chi connectivity index (χ1v) is 11.3. The van der Waals surface area contributed by atoms with Crippen molar-refractivity contribution in [3.63, 3.8) is 0 Å². The Morgan fingerprint density at radius 1 is 1.22 bits per heavy atom. The Balaban J connectivity index is 1.56. The molecular weight excluding hydrogens is 408 g/mol. The van der Waals surface area contributed by atoms with Gasteiger partial charge in [0.2, 0.25) is 5.91 Å². The van der Waals surface area contributed by atoms with Crippen LogP contribution in [0, 0.1) is 12.8 Å². The molecule has 0 spiro atoms. The Labute approximate surface area is 188 Å². The maximum atomic E-state index is 13.4. The lowest BCUT2D eigenvalue weighted by Gasteiger charge is -2.30. The Kier molecular flexibility index (Phi) is 6.91. The van der Waals surface area contributed by atoms with Crippen LogP contribution in [0.25, 0.3) is 0 Å². The fourth-order valence-corrected chi connectivity index (χ4v) is 4.83. The number of aromatic amines is 1. The SMILES string of the molecule is COc1ccc([C@@H]2CN(C(=O)[C@@H](C)CN3CCOCC3)C[C@H]2c2cc(=O)[nH]c(C)n2)cc1. The van der Waals surface area contributed by atoms with Crippen molar-refractivity contribution < 1.29 is 14.3 Å². The van der Waals surface area contributed by atoms with Crippen LogP contribution in [0.5, 0.6) is 5.75 Å². The zero-order chi connectivity index (χ0) is 22.7. The lowest BCUT2D eigenvalue weighted by atomic mass is 9.86. The molecule has 32 heavy (non-hydrogen) atoms. The van der Waals surface area contributed by atoms with E-state index in [0.29, 0.717) is 18.9 Å². The van der Waals surface area contributed by atoms with Gasteiger partial charge in [0.25, 0.3) is 5.56 Å². The fraction of sp³-hybridized carbons (Fsp3) is 0.542. The number of H-pyrrole nitrogens is 1. The first-order valence-electron chi connectivity index (χ1n) is 11.3. The average Bonchev–Trinajstić information content (AvgIpc) is 3.24. The number of nitrogens with one attached hydrogen (secondary N) is 1. The summed E-state index contributed by atoms with van der Waals surface area (Å²) in [5.74, 6) is 1.46. The number of methoxy groups -OCH3 is 1. The monoisotopic (exact) mass is 440 g/mol. The first-order chi connectivity index (χ1) is 15.4. The van der Waals surface area contributed by atoms with Crippen molar-refractivity contribution >= 4 is 5.91 Å². The maximum Gasteiger partial charge on any atom is 0.251 e. The summed E-state index contributed by atoms with van der Waals surface area (Å²) in [6.45, 7) is 8.86. The lowest BCUT2D eigenvalue weighted by Crippen LogP contribution is -2.43. The first kappa shape index (κ1) is 22.5. The van der Waals surface area contributed by atoms with E-state index in [4.69, 9.17) is 9.47 Å². The Hall–Kier alpha value is -2.71. The number of benzene rings is 1. The van der Waals surface area contributed by atoms with E-state index in [1.807, 2.05) is 36.1 Å². The summed E-state index contributed by atoms with van der Waals surface area (Å²) in [6.07, 6.45) is 0. The Morgan fingerprint density at radius 3 is 2.56 bits per heavy atom. The average molecular weight is 441 g/mol. The number of hydrogen-bond donors (Lipinski definition) is 1. The number of hydrogen-bond acceptors (Lipinski definition) is 6. The number of nitrogens with zero attached hydrogens (tertiary/aromatic N) is 3. The number of carbonyl (C=O) groups is 1. The number of carbonyl (C=O) groups excluding carboxylic acids is 1. The molecule has 3 atom stereocenters. The standard InChI is InChI=1S/C24H32N4O4/c1-16(13-27-8-10-32-11-9-27)24(30)28-14-20(18-4-6-19(31-3)7-5-18)21(15-28)22-12-23(29)26-17(2)25-22/h4-7,12,16,20-21H,8-11,13-15H2,1-3H3,(H,25,26,29)/t16-,20-,21+/m0/s1. The number of ether oxygens (including phenoxy) is 2. The van der Waals surface area contributed by atoms with Crippen LogP contribution in [-0.4, -0.2) is 78.7 Å². The van der Waals surface area contributed by atoms with Crippen LogP contribution >= 0.6 is 0 Å². The minimum atomic E-state index is -0.161. The molecule has 0 bridgehead atoms. The number of morpholine rings is 1. The van der Waals surface area contributed by atoms with Crippen LogP contribution in [-0.2, 0) is 9.53 Å². The second-order valence-electron chi connectivity index (χ2n) is 8.80. The van der Waals surface area contributed by atoms with Gasteiger partial charge in [0.1, 0.15) is 11.6 Å². The molecule has 4 rings (SSSR count). The maximum absolute atomic E-state index is 13.4. The van der Waals surface area contributed by atoms with E-state index in [9.17, 15) is 9.59 Å². The quantitative estimate of drug-likeness (QED) is 0.737. The summed E-state index contributed by atoms with van der Waals surface area (Å²) < 4.78 is 10.7. The van der Waals surface area contributed by atoms with E-state index >= 15 is 0 Å². The highest BCUT2D eigenvalue weighted by Gasteiger charge is 2.39. The predicted molar refractivity (Wildman–Crippen MR) is 121 cm³/mol. The molecule has 0 aliphatic carbocycles. The number of aromatic nitrogens is 2. The molecule has 172 valence electrons. The topological polar surface area (TPSA) is 87.8 Å². The van der Waals surface area contributed by atoms with Gasteiger partial charge in [-0.2, -0.15) is 0 Å². The minimum absolute atomic E-state index is 0.0380. The van der Waals surface area contributed by atoms with E-state index in [0.717, 1.165) is 49.9 Å². The van der Waals surface area contributed by atoms with E-state index in [1.54, 1.807) is 20.1 Å². The molecule has 1 amide bonds. The van der Waals surface area contributed by atoms with Crippen LogP contribution in [0.4, 0.5) is 0 Å². The van der Waals surface area contributed by atoms with Crippen molar-refractivity contribution in [2.45, 2.75) is 25.7 Å². The molecule has 1 aromatic heterocycles. The Morgan fingerprint density at radius 2 is 1.91 bits per heavy atom. The van der Waals surface area contributed by atoms with Gasteiger partial charge < -0.3 is 19.4 Å². The van der Waals surface area contributed by atoms with Crippen molar-refractivity contribution in [2.24, 2.45) is 5.92 Å². The molecular formula is C24H32N4O4. The van der Waals surface area contributed by atoms with Gasteiger partial charge in [-0.15, -0.1) is 0 Å². The molecule has 2 aromatic rings. The number of amides is 1. The van der Waals surface area contributed by atoms with Gasteiger partial charge in [-0.25, -0.2) is 4.98 Å². The molecule has 8 nitrogen and oxygen atoms in total. The third-order valence-corrected chi connectivity index (χ3v) is 6.49. The molecule has 2 aliphatic heterocycles. The third-order valence-electron chi connectivity index (χ3n) is 6.49. The fourth-order valence-electron chi connectivity index (χ4n) is 4.83. The largest absolute Gasteiger partial charge is 0.497 e. The van der Waals surface area contributed by atoms with Gasteiger partial charge in [-0.05, 0) is 24.6 Å². The molecule has 0 saturated carbocycles. The molecule has 0 unspecified atom stereocenters. The summed E-state index contributed by atoms with van der Waals surface area (Å²) in [7, 11) is 1.65. The van der Waals surface area contributed by atoms with Crippen molar-refractivity contribution in [1.82, 2.24) is 19.8 Å². The second-order valence-corrected chi connectivity index (χ2v) is 8.80. The molecule has 1 N–H and O–H groups in total. The van der Waals surface area contributed by atoms with Crippen LogP contribution in [0.3, 0.4) is 0 Å². The van der Waals surface area contributed by atoms with Gasteiger partial charge >= 0.3 is 0 Å². The van der Waals surface area contributed by atoms with E-state index in [2.05, 4.69) is 14.9 Å². The molecule has 2 aliphatic rings. The summed E-state index contributed by atoms with van der Waals surface area (Å²) in [6, 6.07) is 9.53. The minimum Gasteiger partial charge on any atom is -0.497 e. The molecule has 8 heteroatoms. The van der Waals surface area contributed by atoms with Crippen molar-refractivity contribution in [1.29, 1.82) is 0 Å². The predicted octanol–water partition coefficient (Wildman–Crippen LogP) is 1.76. The summed E-state index contributed by atoms with van der Waals surface area (Å²) in [4.78, 5) is 37.1. The zero-order valence-electron chi connectivity index (χ0n) is 19.0. The van der Waals surface area contributed by atoms with E-state index in [-0.39, 0.29) is 29.2 Å². The van der Waals surface area contributed by atoms with Crippen LogP contribution < -0.4 is 10.3 Å². The van der Waals surface area contributed by atoms with E-state index in [1.165, 1.54) is 0 Å². The van der Waals surface area contributed by atoms with Gasteiger partial charge in [0.05, 0.1) is 26.0 Å². The van der Waals surface area contributed by atoms with Crippen LogP contribution in [0.2, 0.25) is 0 Å². The van der Waals surface area contributed by atoms with Crippen LogP contribution in [0.1, 0.15) is 35.8 Å². The highest BCUT2D eigenvalue weighted by molar-refractivity contribution is 5.79. The highest BCUT2D eigenvalue weighted by Crippen LogP contribution is 2.39. The van der Waals surface area contributed by atoms with Gasteiger partial charge in [0.15, 0.2) is 0 Å². The zero-order valence-corrected chi connectivity index (χ0v) is 19.0. The van der Waals surface area contributed by atoms with Crippen molar-refractivity contribution in [3.8, 4) is 5.75 Å². The normalized spacial score (nSPS) is 22.7. The Bertz CT molecular complexity index is 984. The molecule has 3 heterocycles. The van der Waals surface area contributed by atoms with Crippen molar-refractivity contribution in [3.05, 3.63) is 57.8 Å². The van der Waals surface area contributed by atoms with Gasteiger partial charge in [-0.1, -0.05) is 19.1 Å². The summed E-state index contributed by atoms with van der Waals surface area (Å²) in [5, 5.41) is 0. The van der Waals surface area contributed by atoms with Crippen molar-refractivity contribution in [2.75, 3.05) is 53.0 Å². The lowest BCUT2D eigenvalue weighted by molar-refractivity contribution is -0.135. The second kappa shape index (κ2) is 9.83. The summed E-state index contributed by atoms with van der Waals surface area (Å²) in [5.41, 5.74) is 1.70. The number of rotatable bonds is 6. The number of aryl methyl sites for hydroxylation is 1. The molecule has 2 fully saturated rings. The van der Waals surface area contributed by atoms with Gasteiger partial charge in [0, 0.05) is 56.5 Å². The highest BCUT2D eigenvalue weighted by atomic mass is 16.5. The number of likely N-dealkylation sites (tertiary alicyclic amines) is 1. The van der Waals surface area contributed by atoms with E-state index < -0.39 is 0 Å². The van der Waals surface area contributed by atoms with Gasteiger partial charge in [-0.3, -0.25) is 14.5 Å². The summed E-state index contributed by atoms with van der Waals surface area (Å²) >= 11 is 0. The van der Waals surface area contributed by atoms with Crippen LogP contribution in [0.15, 0.2) is 35.1 Å². The molecule has 0 radical (unpaired) electrons. The smallest absolute Gasteiger partial charge is 0.251 e. The molecule has 2 saturated heterocycles. The third kappa shape index (κ3) is 5.02.